The molecule has 4 heteroatoms. The molecule has 4 nitrogen and oxygen atoms in total. The Morgan fingerprint density at radius 3 is 2.68 bits per heavy atom. The van der Waals surface area contributed by atoms with Crippen LogP contribution in [0.1, 0.15) is 43.2 Å². The van der Waals surface area contributed by atoms with Gasteiger partial charge < -0.3 is 4.90 Å². The van der Waals surface area contributed by atoms with E-state index in [4.69, 9.17) is 0 Å². The molecule has 1 spiro atoms. The zero-order chi connectivity index (χ0) is 19.4. The van der Waals surface area contributed by atoms with Crippen LogP contribution >= 0.6 is 0 Å². The van der Waals surface area contributed by atoms with Crippen LogP contribution in [0.15, 0.2) is 55.4 Å². The summed E-state index contributed by atoms with van der Waals surface area (Å²) in [5.41, 5.74) is 3.33. The molecule has 1 aromatic carbocycles. The predicted octanol–water partition coefficient (Wildman–Crippen LogP) is 4.16. The van der Waals surface area contributed by atoms with Gasteiger partial charge in [-0.1, -0.05) is 43.3 Å². The Balaban J connectivity index is 1.39. The molecular weight excluding hydrogens is 344 g/mol. The van der Waals surface area contributed by atoms with Crippen molar-refractivity contribution in [2.45, 2.75) is 45.2 Å². The summed E-state index contributed by atoms with van der Waals surface area (Å²) >= 11 is 0. The van der Waals surface area contributed by atoms with Crippen LogP contribution in [-0.4, -0.2) is 52.3 Å². The van der Waals surface area contributed by atoms with Gasteiger partial charge in [0.1, 0.15) is 0 Å². The summed E-state index contributed by atoms with van der Waals surface area (Å²) in [7, 11) is 0. The number of likely N-dealkylation sites (N-methyl/N-ethyl adjacent to an activating group) is 1. The Labute approximate surface area is 169 Å². The maximum atomic E-state index is 4.43. The summed E-state index contributed by atoms with van der Waals surface area (Å²) in [4.78, 5) is 5.30. The van der Waals surface area contributed by atoms with Crippen molar-refractivity contribution in [2.24, 2.45) is 5.41 Å². The average Bonchev–Trinajstić information content (AvgIpc) is 3.17. The zero-order valence-electron chi connectivity index (χ0n) is 17.3. The maximum absolute atomic E-state index is 4.43. The molecule has 2 fully saturated rings. The molecule has 2 saturated heterocycles. The van der Waals surface area contributed by atoms with Gasteiger partial charge in [0.15, 0.2) is 0 Å². The second-order valence-corrected chi connectivity index (χ2v) is 8.77. The van der Waals surface area contributed by atoms with Crippen LogP contribution in [0.25, 0.3) is 0 Å². The number of hydrogen-bond donors (Lipinski definition) is 0. The first-order chi connectivity index (χ1) is 13.7. The molecule has 0 N–H and O–H groups in total. The fourth-order valence-corrected chi connectivity index (χ4v) is 5.22. The molecule has 1 unspecified atom stereocenters. The maximum Gasteiger partial charge on any atom is 0.0587 e. The number of likely N-dealkylation sites (tertiary alicyclic amines) is 2. The van der Waals surface area contributed by atoms with E-state index in [1.165, 1.54) is 56.6 Å². The lowest BCUT2D eigenvalue weighted by molar-refractivity contribution is 0.0138. The van der Waals surface area contributed by atoms with Crippen LogP contribution < -0.4 is 0 Å². The highest BCUT2D eigenvalue weighted by molar-refractivity contribution is 5.21. The highest BCUT2D eigenvalue weighted by Crippen LogP contribution is 2.45. The quantitative estimate of drug-likeness (QED) is 0.706. The van der Waals surface area contributed by atoms with E-state index in [0.29, 0.717) is 11.3 Å². The second-order valence-electron chi connectivity index (χ2n) is 8.77. The van der Waals surface area contributed by atoms with E-state index in [0.717, 1.165) is 19.6 Å². The molecule has 0 radical (unpaired) electrons. The SMILES string of the molecule is C=CCn1cc(CN2CCC3(CC2)CC(c2ccccc2)CN(CC)C3)cn1. The molecule has 3 heterocycles. The Kier molecular flexibility index (Phi) is 5.98. The van der Waals surface area contributed by atoms with Crippen molar-refractivity contribution < 1.29 is 0 Å². The first kappa shape index (κ1) is 19.4. The van der Waals surface area contributed by atoms with Gasteiger partial charge in [-0.3, -0.25) is 9.58 Å². The van der Waals surface area contributed by atoms with Gasteiger partial charge in [0.2, 0.25) is 0 Å². The molecule has 1 atom stereocenters. The van der Waals surface area contributed by atoms with Gasteiger partial charge in [-0.05, 0) is 55.8 Å². The minimum Gasteiger partial charge on any atom is -0.302 e. The monoisotopic (exact) mass is 378 g/mol. The van der Waals surface area contributed by atoms with Gasteiger partial charge >= 0.3 is 0 Å². The molecule has 0 aliphatic carbocycles. The van der Waals surface area contributed by atoms with Crippen molar-refractivity contribution in [3.05, 3.63) is 66.5 Å². The number of rotatable bonds is 6. The topological polar surface area (TPSA) is 24.3 Å². The third kappa shape index (κ3) is 4.39. The number of benzene rings is 1. The van der Waals surface area contributed by atoms with E-state index >= 15 is 0 Å². The number of piperidine rings is 2. The van der Waals surface area contributed by atoms with Crippen LogP contribution in [0.4, 0.5) is 0 Å². The van der Waals surface area contributed by atoms with E-state index < -0.39 is 0 Å². The summed E-state index contributed by atoms with van der Waals surface area (Å²) in [6.45, 7) is 14.0. The molecule has 2 aliphatic heterocycles. The highest BCUT2D eigenvalue weighted by atomic mass is 15.3. The molecule has 150 valence electrons. The standard InChI is InChI=1S/C24H34N4/c1-3-12-28-18-21(16-25-28)17-27-13-10-24(11-14-27)15-23(19-26(4-2)20-24)22-8-6-5-7-9-22/h3,5-9,16,18,23H,1,4,10-15,17,19-20H2,2H3. The fourth-order valence-electron chi connectivity index (χ4n) is 5.22. The smallest absolute Gasteiger partial charge is 0.0587 e. The molecule has 28 heavy (non-hydrogen) atoms. The van der Waals surface area contributed by atoms with Crippen LogP contribution in [0, 0.1) is 5.41 Å². The van der Waals surface area contributed by atoms with Crippen molar-refractivity contribution in [1.82, 2.24) is 19.6 Å². The van der Waals surface area contributed by atoms with Gasteiger partial charge in [0, 0.05) is 31.4 Å². The van der Waals surface area contributed by atoms with Crippen molar-refractivity contribution in [1.29, 1.82) is 0 Å². The van der Waals surface area contributed by atoms with Crippen molar-refractivity contribution in [3.8, 4) is 0 Å². The number of allylic oxidation sites excluding steroid dienone is 1. The van der Waals surface area contributed by atoms with E-state index in [1.807, 2.05) is 17.0 Å². The summed E-state index contributed by atoms with van der Waals surface area (Å²) in [5.74, 6) is 0.679. The fraction of sp³-hybridized carbons (Fsp3) is 0.542. The Morgan fingerprint density at radius 1 is 1.18 bits per heavy atom. The Morgan fingerprint density at radius 2 is 1.96 bits per heavy atom. The van der Waals surface area contributed by atoms with Gasteiger partial charge in [-0.25, -0.2) is 0 Å². The normalized spacial score (nSPS) is 23.1. The molecule has 0 bridgehead atoms. The van der Waals surface area contributed by atoms with Gasteiger partial charge in [-0.2, -0.15) is 5.10 Å². The van der Waals surface area contributed by atoms with E-state index in [2.05, 4.69) is 64.9 Å². The Hall–Kier alpha value is -1.91. The van der Waals surface area contributed by atoms with E-state index in [9.17, 15) is 0 Å². The van der Waals surface area contributed by atoms with Crippen LogP contribution in [-0.2, 0) is 13.1 Å². The average molecular weight is 379 g/mol. The van der Waals surface area contributed by atoms with Gasteiger partial charge in [-0.15, -0.1) is 6.58 Å². The lowest BCUT2D eigenvalue weighted by Crippen LogP contribution is -2.51. The number of aromatic nitrogens is 2. The van der Waals surface area contributed by atoms with Gasteiger partial charge in [0.05, 0.1) is 12.7 Å². The summed E-state index contributed by atoms with van der Waals surface area (Å²) in [6, 6.07) is 11.2. The van der Waals surface area contributed by atoms with Crippen LogP contribution in [0.2, 0.25) is 0 Å². The van der Waals surface area contributed by atoms with Gasteiger partial charge in [0.25, 0.3) is 0 Å². The number of nitrogens with zero attached hydrogens (tertiary/aromatic N) is 4. The van der Waals surface area contributed by atoms with Crippen LogP contribution in [0.3, 0.4) is 0 Å². The minimum atomic E-state index is 0.484. The van der Waals surface area contributed by atoms with Crippen molar-refractivity contribution in [3.63, 3.8) is 0 Å². The molecule has 1 aromatic heterocycles. The largest absolute Gasteiger partial charge is 0.302 e. The second kappa shape index (κ2) is 8.62. The first-order valence-corrected chi connectivity index (χ1v) is 10.8. The summed E-state index contributed by atoms with van der Waals surface area (Å²) in [6.07, 6.45) is 10.0. The molecule has 0 amide bonds. The highest BCUT2D eigenvalue weighted by Gasteiger charge is 2.41. The minimum absolute atomic E-state index is 0.484. The number of hydrogen-bond acceptors (Lipinski definition) is 3. The molecule has 2 aliphatic rings. The predicted molar refractivity (Wildman–Crippen MR) is 115 cm³/mol. The van der Waals surface area contributed by atoms with Crippen LogP contribution in [0.5, 0.6) is 0 Å². The molecular formula is C24H34N4. The third-order valence-corrected chi connectivity index (χ3v) is 6.76. The molecule has 4 rings (SSSR count). The lowest BCUT2D eigenvalue weighted by Gasteiger charge is -2.50. The molecule has 0 saturated carbocycles. The van der Waals surface area contributed by atoms with E-state index in [1.54, 1.807) is 0 Å². The zero-order valence-corrected chi connectivity index (χ0v) is 17.3. The van der Waals surface area contributed by atoms with E-state index in [-0.39, 0.29) is 0 Å². The van der Waals surface area contributed by atoms with Crippen molar-refractivity contribution in [2.75, 3.05) is 32.7 Å². The Bertz CT molecular complexity index is 758. The summed E-state index contributed by atoms with van der Waals surface area (Å²) in [5, 5.41) is 4.43. The first-order valence-electron chi connectivity index (χ1n) is 10.8. The van der Waals surface area contributed by atoms with Crippen molar-refractivity contribution >= 4 is 0 Å². The molecule has 2 aromatic rings. The third-order valence-electron chi connectivity index (χ3n) is 6.76. The lowest BCUT2D eigenvalue weighted by atomic mass is 9.68. The summed E-state index contributed by atoms with van der Waals surface area (Å²) < 4.78 is 1.97.